The van der Waals surface area contributed by atoms with Crippen LogP contribution in [0.3, 0.4) is 0 Å². The minimum Gasteiger partial charge on any atom is -0.354 e. The average Bonchev–Trinajstić information content (AvgIpc) is 3.10. The van der Waals surface area contributed by atoms with Crippen LogP contribution in [0, 0.1) is 12.8 Å². The molecule has 2 heterocycles. The fourth-order valence-corrected chi connectivity index (χ4v) is 4.95. The molecule has 1 saturated carbocycles. The molecule has 0 aromatic carbocycles. The van der Waals surface area contributed by atoms with Gasteiger partial charge in [0.25, 0.3) is 0 Å². The summed E-state index contributed by atoms with van der Waals surface area (Å²) < 4.78 is 0. The van der Waals surface area contributed by atoms with Gasteiger partial charge in [-0.25, -0.2) is 9.97 Å². The topological polar surface area (TPSA) is 37.8 Å². The maximum absolute atomic E-state index is 4.76. The van der Waals surface area contributed by atoms with E-state index in [1.165, 1.54) is 41.7 Å². The second kappa shape index (κ2) is 6.97. The van der Waals surface area contributed by atoms with Gasteiger partial charge in [-0.2, -0.15) is 0 Å². The summed E-state index contributed by atoms with van der Waals surface area (Å²) in [6, 6.07) is 2.24. The van der Waals surface area contributed by atoms with Crippen LogP contribution >= 0.6 is 23.1 Å². The van der Waals surface area contributed by atoms with E-state index in [0.717, 1.165) is 34.7 Å². The number of aromatic nitrogens is 2. The van der Waals surface area contributed by atoms with E-state index in [1.54, 1.807) is 11.3 Å². The molecule has 1 N–H and O–H groups in total. The number of nitrogens with zero attached hydrogens (tertiary/aromatic N) is 2. The summed E-state index contributed by atoms with van der Waals surface area (Å²) in [6.45, 7) is 5.25. The number of hydrogen-bond donors (Lipinski definition) is 1. The summed E-state index contributed by atoms with van der Waals surface area (Å²) >= 11 is 3.69. The van der Waals surface area contributed by atoms with Crippen LogP contribution in [0.5, 0.6) is 0 Å². The fraction of sp³-hybridized carbons (Fsp3) is 0.625. The highest BCUT2D eigenvalue weighted by atomic mass is 32.2. The summed E-state index contributed by atoms with van der Waals surface area (Å²) in [4.78, 5) is 11.9. The van der Waals surface area contributed by atoms with Gasteiger partial charge in [-0.15, -0.1) is 23.1 Å². The highest BCUT2D eigenvalue weighted by Crippen LogP contribution is 2.35. The molecule has 1 fully saturated rings. The van der Waals surface area contributed by atoms with E-state index in [0.29, 0.717) is 0 Å². The Kier molecular flexibility index (Phi) is 5.01. The first kappa shape index (κ1) is 15.1. The maximum Gasteiger partial charge on any atom is 0.225 e. The highest BCUT2D eigenvalue weighted by molar-refractivity contribution is 7.99. The third kappa shape index (κ3) is 3.69. The van der Waals surface area contributed by atoms with Gasteiger partial charge in [0.1, 0.15) is 9.86 Å². The van der Waals surface area contributed by atoms with Crippen molar-refractivity contribution in [3.8, 4) is 0 Å². The summed E-state index contributed by atoms with van der Waals surface area (Å²) in [5.41, 5.74) is 0. The lowest BCUT2D eigenvalue weighted by molar-refractivity contribution is 0.623. The Morgan fingerprint density at radius 2 is 2.14 bits per heavy atom. The number of fused-ring (bicyclic) bond motifs is 1. The average molecular weight is 322 g/mol. The number of hydrogen-bond acceptors (Lipinski definition) is 5. The molecule has 1 aliphatic rings. The van der Waals surface area contributed by atoms with Crippen LogP contribution in [0.1, 0.15) is 43.9 Å². The van der Waals surface area contributed by atoms with E-state index in [4.69, 9.17) is 4.98 Å². The van der Waals surface area contributed by atoms with Crippen LogP contribution in [0.15, 0.2) is 11.1 Å². The van der Waals surface area contributed by atoms with Crippen molar-refractivity contribution in [3.63, 3.8) is 0 Å². The van der Waals surface area contributed by atoms with Crippen molar-refractivity contribution < 1.29 is 0 Å². The molecule has 0 aliphatic heterocycles. The molecule has 0 radical (unpaired) electrons. The van der Waals surface area contributed by atoms with Gasteiger partial charge in [0, 0.05) is 22.6 Å². The van der Waals surface area contributed by atoms with Gasteiger partial charge in [-0.1, -0.05) is 19.8 Å². The lowest BCUT2D eigenvalue weighted by atomic mass is 10.1. The van der Waals surface area contributed by atoms with Crippen LogP contribution in [-0.2, 0) is 0 Å². The van der Waals surface area contributed by atoms with E-state index < -0.39 is 0 Å². The van der Waals surface area contributed by atoms with Crippen LogP contribution in [-0.4, -0.2) is 22.3 Å². The van der Waals surface area contributed by atoms with Crippen molar-refractivity contribution in [2.45, 2.75) is 51.0 Å². The third-order valence-electron chi connectivity index (χ3n) is 3.94. The zero-order valence-corrected chi connectivity index (χ0v) is 14.4. The Balaban J connectivity index is 1.82. The summed E-state index contributed by atoms with van der Waals surface area (Å²) in [7, 11) is 0. The van der Waals surface area contributed by atoms with E-state index in [2.05, 4.69) is 30.2 Å². The van der Waals surface area contributed by atoms with Gasteiger partial charge in [-0.3, -0.25) is 0 Å². The number of aryl methyl sites for hydroxylation is 1. The quantitative estimate of drug-likeness (QED) is 0.593. The fourth-order valence-electron chi connectivity index (χ4n) is 2.82. The smallest absolute Gasteiger partial charge is 0.225 e. The minimum atomic E-state index is 0.792. The largest absolute Gasteiger partial charge is 0.354 e. The van der Waals surface area contributed by atoms with Crippen molar-refractivity contribution in [2.24, 2.45) is 5.92 Å². The third-order valence-corrected chi connectivity index (χ3v) is 6.11. The molecule has 0 spiro atoms. The summed E-state index contributed by atoms with van der Waals surface area (Å²) in [6.07, 6.45) is 6.70. The molecule has 2 aromatic rings. The Morgan fingerprint density at radius 3 is 2.90 bits per heavy atom. The Bertz CT molecular complexity index is 603. The number of nitrogens with one attached hydrogen (secondary N) is 1. The molecule has 0 unspecified atom stereocenters. The molecule has 1 aliphatic carbocycles. The van der Waals surface area contributed by atoms with Gasteiger partial charge in [0.2, 0.25) is 5.95 Å². The molecule has 3 rings (SSSR count). The lowest BCUT2D eigenvalue weighted by Crippen LogP contribution is -2.05. The first-order chi connectivity index (χ1) is 10.3. The van der Waals surface area contributed by atoms with E-state index in [-0.39, 0.29) is 0 Å². The first-order valence-electron chi connectivity index (χ1n) is 7.91. The molecule has 0 amide bonds. The Morgan fingerprint density at radius 1 is 1.33 bits per heavy atom. The van der Waals surface area contributed by atoms with Gasteiger partial charge in [0.05, 0.1) is 0 Å². The molecule has 114 valence electrons. The van der Waals surface area contributed by atoms with E-state index >= 15 is 0 Å². The molecule has 2 aromatic heterocycles. The first-order valence-corrected chi connectivity index (χ1v) is 9.71. The van der Waals surface area contributed by atoms with Crippen LogP contribution in [0.2, 0.25) is 0 Å². The van der Waals surface area contributed by atoms with Gasteiger partial charge >= 0.3 is 0 Å². The van der Waals surface area contributed by atoms with Crippen LogP contribution in [0.4, 0.5) is 5.95 Å². The molecular formula is C16H23N3S2. The summed E-state index contributed by atoms with van der Waals surface area (Å²) in [5.74, 6) is 2.88. The second-order valence-electron chi connectivity index (χ2n) is 5.82. The molecule has 0 atom stereocenters. The maximum atomic E-state index is 4.76. The van der Waals surface area contributed by atoms with Crippen molar-refractivity contribution >= 4 is 39.3 Å². The highest BCUT2D eigenvalue weighted by Gasteiger charge is 2.17. The van der Waals surface area contributed by atoms with E-state index in [9.17, 15) is 0 Å². The molecule has 21 heavy (non-hydrogen) atoms. The normalized spacial score (nSPS) is 15.9. The second-order valence-corrected chi connectivity index (χ2v) is 8.06. The Hall–Kier alpha value is -0.810. The van der Waals surface area contributed by atoms with Crippen molar-refractivity contribution in [1.29, 1.82) is 0 Å². The van der Waals surface area contributed by atoms with Crippen LogP contribution < -0.4 is 5.32 Å². The monoisotopic (exact) mass is 321 g/mol. The standard InChI is InChI=1S/C16H23N3S2/c1-3-8-17-16-18-14(20-10-12-6-4-5-7-12)13-9-11(2)21-15(13)19-16/h9,12H,3-8,10H2,1-2H3,(H,17,18,19). The van der Waals surface area contributed by atoms with Gasteiger partial charge in [0.15, 0.2) is 0 Å². The van der Waals surface area contributed by atoms with Crippen LogP contribution in [0.25, 0.3) is 10.2 Å². The number of thiophene rings is 1. The van der Waals surface area contributed by atoms with Gasteiger partial charge in [-0.05, 0) is 38.2 Å². The predicted molar refractivity (Wildman–Crippen MR) is 93.6 cm³/mol. The number of anilines is 1. The Labute approximate surface area is 135 Å². The van der Waals surface area contributed by atoms with Crippen molar-refractivity contribution in [1.82, 2.24) is 9.97 Å². The van der Waals surface area contributed by atoms with Crippen molar-refractivity contribution in [2.75, 3.05) is 17.6 Å². The molecular weight excluding hydrogens is 298 g/mol. The van der Waals surface area contributed by atoms with Crippen molar-refractivity contribution in [3.05, 3.63) is 10.9 Å². The summed E-state index contributed by atoms with van der Waals surface area (Å²) in [5, 5.41) is 5.74. The molecule has 0 bridgehead atoms. The molecule has 3 nitrogen and oxygen atoms in total. The van der Waals surface area contributed by atoms with Gasteiger partial charge < -0.3 is 5.32 Å². The van der Waals surface area contributed by atoms with E-state index in [1.807, 2.05) is 11.8 Å². The molecule has 0 saturated heterocycles. The molecule has 5 heteroatoms. The number of thioether (sulfide) groups is 1. The zero-order chi connectivity index (χ0) is 14.7. The minimum absolute atomic E-state index is 0.792. The lowest BCUT2D eigenvalue weighted by Gasteiger charge is -2.10. The SMILES string of the molecule is CCCNc1nc(SCC2CCCC2)c2cc(C)sc2n1. The number of rotatable bonds is 6. The predicted octanol–water partition coefficient (Wildman–Crippen LogP) is 5.10. The zero-order valence-electron chi connectivity index (χ0n) is 12.8.